The van der Waals surface area contributed by atoms with E-state index in [1.165, 1.54) is 35.2 Å². The summed E-state index contributed by atoms with van der Waals surface area (Å²) in [7, 11) is 2.21. The predicted molar refractivity (Wildman–Crippen MR) is 86.4 cm³/mol. The summed E-state index contributed by atoms with van der Waals surface area (Å²) in [6.45, 7) is 3.15. The maximum Gasteiger partial charge on any atom is 0.131 e. The van der Waals surface area contributed by atoms with Crippen molar-refractivity contribution in [1.29, 1.82) is 0 Å². The predicted octanol–water partition coefficient (Wildman–Crippen LogP) is 3.72. The molecule has 0 saturated heterocycles. The molecule has 0 amide bonds. The average molecular weight is 282 g/mol. The molecule has 1 unspecified atom stereocenters. The van der Waals surface area contributed by atoms with E-state index in [2.05, 4.69) is 37.1 Å². The summed E-state index contributed by atoms with van der Waals surface area (Å²) in [5.41, 5.74) is 5.24. The molecular formula is C18H22N2O. The Hall–Kier alpha value is -1.77. The first-order valence-corrected chi connectivity index (χ1v) is 8.10. The number of hydrogen-bond acceptors (Lipinski definition) is 3. The zero-order chi connectivity index (χ0) is 14.4. The Bertz CT molecular complexity index is 695. The fourth-order valence-electron chi connectivity index (χ4n) is 3.76. The van der Waals surface area contributed by atoms with E-state index in [1.807, 2.05) is 0 Å². The molecule has 1 aromatic heterocycles. The van der Waals surface area contributed by atoms with Crippen LogP contribution < -0.4 is 9.64 Å². The highest BCUT2D eigenvalue weighted by molar-refractivity contribution is 5.99. The van der Waals surface area contributed by atoms with Crippen LogP contribution >= 0.6 is 0 Å². The van der Waals surface area contributed by atoms with Crippen molar-refractivity contribution in [3.05, 3.63) is 29.5 Å². The van der Waals surface area contributed by atoms with E-state index in [0.29, 0.717) is 0 Å². The van der Waals surface area contributed by atoms with Gasteiger partial charge in [-0.05, 0) is 49.8 Å². The van der Waals surface area contributed by atoms with E-state index in [9.17, 15) is 0 Å². The minimum atomic E-state index is 0.257. The molecule has 0 radical (unpaired) electrons. The van der Waals surface area contributed by atoms with Gasteiger partial charge < -0.3 is 9.64 Å². The third-order valence-electron chi connectivity index (χ3n) is 4.83. The second-order valence-electron chi connectivity index (χ2n) is 6.27. The molecule has 0 N–H and O–H groups in total. The van der Waals surface area contributed by atoms with Gasteiger partial charge in [-0.1, -0.05) is 13.0 Å². The maximum absolute atomic E-state index is 6.26. The van der Waals surface area contributed by atoms with Crippen LogP contribution in [0.1, 0.15) is 37.4 Å². The van der Waals surface area contributed by atoms with Crippen molar-refractivity contribution in [2.75, 3.05) is 18.5 Å². The van der Waals surface area contributed by atoms with Gasteiger partial charge in [-0.15, -0.1) is 0 Å². The second-order valence-corrected chi connectivity index (χ2v) is 6.27. The number of rotatable bonds is 1. The maximum atomic E-state index is 6.26. The lowest BCUT2D eigenvalue weighted by molar-refractivity contribution is 0.209. The zero-order valence-corrected chi connectivity index (χ0v) is 12.9. The van der Waals surface area contributed by atoms with E-state index >= 15 is 0 Å². The number of ether oxygens (including phenoxy) is 1. The smallest absolute Gasteiger partial charge is 0.131 e. The van der Waals surface area contributed by atoms with Gasteiger partial charge in [0, 0.05) is 12.7 Å². The Labute approximate surface area is 125 Å². The van der Waals surface area contributed by atoms with Gasteiger partial charge in [-0.25, -0.2) is 0 Å². The van der Waals surface area contributed by atoms with Crippen molar-refractivity contribution >= 4 is 16.6 Å². The van der Waals surface area contributed by atoms with Crippen LogP contribution in [0.4, 0.5) is 5.69 Å². The molecule has 1 aliphatic heterocycles. The molecule has 0 bridgehead atoms. The highest BCUT2D eigenvalue weighted by Crippen LogP contribution is 2.42. The molecule has 1 atom stereocenters. The van der Waals surface area contributed by atoms with Crippen LogP contribution in [0, 0.1) is 0 Å². The van der Waals surface area contributed by atoms with Crippen LogP contribution in [0.2, 0.25) is 0 Å². The lowest BCUT2D eigenvalue weighted by atomic mass is 9.92. The highest BCUT2D eigenvalue weighted by Gasteiger charge is 2.27. The van der Waals surface area contributed by atoms with Crippen LogP contribution in [0.25, 0.3) is 10.9 Å². The first kappa shape index (κ1) is 12.9. The number of anilines is 1. The molecule has 21 heavy (non-hydrogen) atoms. The van der Waals surface area contributed by atoms with Crippen molar-refractivity contribution in [3.63, 3.8) is 0 Å². The Morgan fingerprint density at radius 2 is 2.14 bits per heavy atom. The molecule has 1 aliphatic carbocycles. The molecule has 0 saturated carbocycles. The molecule has 0 spiro atoms. The molecule has 2 aromatic rings. The quantitative estimate of drug-likeness (QED) is 0.797. The average Bonchev–Trinajstić information content (AvgIpc) is 2.66. The summed E-state index contributed by atoms with van der Waals surface area (Å²) in [6, 6.07) is 6.30. The van der Waals surface area contributed by atoms with Gasteiger partial charge >= 0.3 is 0 Å². The molecule has 2 aliphatic rings. The lowest BCUT2D eigenvalue weighted by Crippen LogP contribution is -2.31. The minimum absolute atomic E-state index is 0.257. The molecule has 2 heterocycles. The summed E-state index contributed by atoms with van der Waals surface area (Å²) >= 11 is 0. The van der Waals surface area contributed by atoms with E-state index in [0.717, 1.165) is 37.1 Å². The van der Waals surface area contributed by atoms with Gasteiger partial charge in [0.2, 0.25) is 0 Å². The third kappa shape index (κ3) is 1.98. The number of nitrogens with zero attached hydrogens (tertiary/aromatic N) is 2. The molecule has 4 rings (SSSR count). The van der Waals surface area contributed by atoms with Crippen LogP contribution in [0.15, 0.2) is 18.2 Å². The van der Waals surface area contributed by atoms with Crippen LogP contribution in [0.3, 0.4) is 0 Å². The van der Waals surface area contributed by atoms with E-state index in [-0.39, 0.29) is 6.10 Å². The topological polar surface area (TPSA) is 25.4 Å². The van der Waals surface area contributed by atoms with Crippen LogP contribution in [-0.2, 0) is 12.8 Å². The fraction of sp³-hybridized carbons (Fsp3) is 0.500. The monoisotopic (exact) mass is 282 g/mol. The normalized spacial score (nSPS) is 20.9. The first-order chi connectivity index (χ1) is 10.3. The van der Waals surface area contributed by atoms with Gasteiger partial charge in [-0.2, -0.15) is 0 Å². The van der Waals surface area contributed by atoms with Crippen LogP contribution in [-0.4, -0.2) is 24.7 Å². The summed E-state index contributed by atoms with van der Waals surface area (Å²) in [6.07, 6.45) is 6.11. The van der Waals surface area contributed by atoms with E-state index in [4.69, 9.17) is 9.72 Å². The van der Waals surface area contributed by atoms with Crippen molar-refractivity contribution in [2.24, 2.45) is 0 Å². The third-order valence-corrected chi connectivity index (χ3v) is 4.83. The second kappa shape index (κ2) is 4.90. The van der Waals surface area contributed by atoms with Gasteiger partial charge in [0.25, 0.3) is 0 Å². The van der Waals surface area contributed by atoms with E-state index < -0.39 is 0 Å². The summed E-state index contributed by atoms with van der Waals surface area (Å²) < 4.78 is 6.26. The highest BCUT2D eigenvalue weighted by atomic mass is 16.5. The van der Waals surface area contributed by atoms with Gasteiger partial charge in [0.05, 0.1) is 23.1 Å². The number of fused-ring (bicyclic) bond motifs is 2. The molecule has 0 fully saturated rings. The first-order valence-electron chi connectivity index (χ1n) is 8.10. The van der Waals surface area contributed by atoms with Crippen LogP contribution in [0.5, 0.6) is 5.75 Å². The van der Waals surface area contributed by atoms with E-state index in [1.54, 1.807) is 0 Å². The fourth-order valence-corrected chi connectivity index (χ4v) is 3.76. The SMILES string of the molecule is CCC1CN(C)c2c3c(nc4cccc(c24)O1)CCCC3. The summed E-state index contributed by atoms with van der Waals surface area (Å²) in [5.74, 6) is 1.01. The molecule has 1 aromatic carbocycles. The largest absolute Gasteiger partial charge is 0.488 e. The number of benzene rings is 1. The summed E-state index contributed by atoms with van der Waals surface area (Å²) in [5, 5.41) is 1.22. The molecule has 110 valence electrons. The summed E-state index contributed by atoms with van der Waals surface area (Å²) in [4.78, 5) is 7.34. The lowest BCUT2D eigenvalue weighted by Gasteiger charge is -2.27. The number of likely N-dealkylation sites (N-methyl/N-ethyl adjacent to an activating group) is 1. The van der Waals surface area contributed by atoms with Crippen molar-refractivity contribution < 1.29 is 4.74 Å². The number of aromatic nitrogens is 1. The standard InChI is InChI=1S/C18H22N2O/c1-3-12-11-20(2)18-13-7-4-5-8-14(13)19-15-9-6-10-16(21-12)17(15)18/h6,9-10,12H,3-5,7-8,11H2,1-2H3. The Morgan fingerprint density at radius 1 is 1.29 bits per heavy atom. The van der Waals surface area contributed by atoms with Gasteiger partial charge in [-0.3, -0.25) is 4.98 Å². The number of hydrogen-bond donors (Lipinski definition) is 0. The Kier molecular flexibility index (Phi) is 3.02. The van der Waals surface area contributed by atoms with Crippen molar-refractivity contribution in [1.82, 2.24) is 4.98 Å². The van der Waals surface area contributed by atoms with Crippen molar-refractivity contribution in [2.45, 2.75) is 45.1 Å². The number of aryl methyl sites for hydroxylation is 1. The van der Waals surface area contributed by atoms with Gasteiger partial charge in [0.1, 0.15) is 11.9 Å². The van der Waals surface area contributed by atoms with Crippen molar-refractivity contribution in [3.8, 4) is 5.75 Å². The molecule has 3 heteroatoms. The molecule has 3 nitrogen and oxygen atoms in total. The van der Waals surface area contributed by atoms with Gasteiger partial charge in [0.15, 0.2) is 0 Å². The Morgan fingerprint density at radius 3 is 3.00 bits per heavy atom. The molecular weight excluding hydrogens is 260 g/mol. The minimum Gasteiger partial charge on any atom is -0.488 e. The zero-order valence-electron chi connectivity index (χ0n) is 12.9. The Balaban J connectivity index is 2.03. The number of pyridine rings is 1.